The lowest BCUT2D eigenvalue weighted by Gasteiger charge is -2.47. The fourth-order valence-corrected chi connectivity index (χ4v) is 3.53. The Morgan fingerprint density at radius 1 is 1.20 bits per heavy atom. The van der Waals surface area contributed by atoms with E-state index >= 15 is 0 Å². The van der Waals surface area contributed by atoms with Crippen LogP contribution in [0, 0.1) is 11.8 Å². The Kier molecular flexibility index (Phi) is 3.51. The normalized spacial score (nSPS) is 34.3. The number of hydrogen-bond donors (Lipinski definition) is 1. The van der Waals surface area contributed by atoms with Crippen molar-refractivity contribution < 1.29 is 9.59 Å². The standard InChI is InChI=1S/C16H26N2O2/c1-3-4-5-10-18-14(19)13(11-6-7-11)17-15(20)16(18,2)12-8-9-12/h11-13H,3-10H2,1-2H3,(H,17,20). The van der Waals surface area contributed by atoms with Gasteiger partial charge >= 0.3 is 0 Å². The Bertz CT molecular complexity index is 415. The lowest BCUT2D eigenvalue weighted by molar-refractivity contribution is -0.158. The number of amides is 2. The highest BCUT2D eigenvalue weighted by Crippen LogP contribution is 2.46. The van der Waals surface area contributed by atoms with E-state index in [1.807, 2.05) is 11.8 Å². The molecule has 2 amide bonds. The number of piperazine rings is 1. The highest BCUT2D eigenvalue weighted by molar-refractivity contribution is 6.00. The fourth-order valence-electron chi connectivity index (χ4n) is 3.53. The molecule has 3 rings (SSSR count). The molecule has 2 saturated carbocycles. The number of rotatable bonds is 6. The second-order valence-electron chi connectivity index (χ2n) is 6.91. The Hall–Kier alpha value is -1.06. The maximum atomic E-state index is 12.8. The molecule has 1 saturated heterocycles. The first-order valence-electron chi connectivity index (χ1n) is 8.21. The van der Waals surface area contributed by atoms with Crippen LogP contribution >= 0.6 is 0 Å². The molecular formula is C16H26N2O2. The van der Waals surface area contributed by atoms with E-state index in [4.69, 9.17) is 0 Å². The molecule has 0 radical (unpaired) electrons. The van der Waals surface area contributed by atoms with Gasteiger partial charge in [0.05, 0.1) is 0 Å². The summed E-state index contributed by atoms with van der Waals surface area (Å²) >= 11 is 0. The third-order valence-electron chi connectivity index (χ3n) is 5.29. The van der Waals surface area contributed by atoms with Crippen LogP contribution in [0.5, 0.6) is 0 Å². The zero-order valence-corrected chi connectivity index (χ0v) is 12.7. The van der Waals surface area contributed by atoms with Crippen molar-refractivity contribution in [3.05, 3.63) is 0 Å². The molecule has 2 unspecified atom stereocenters. The van der Waals surface area contributed by atoms with E-state index in [9.17, 15) is 9.59 Å². The lowest BCUT2D eigenvalue weighted by Crippen LogP contribution is -2.71. The number of nitrogens with zero attached hydrogens (tertiary/aromatic N) is 1. The summed E-state index contributed by atoms with van der Waals surface area (Å²) in [5.74, 6) is 1.03. The molecular weight excluding hydrogens is 252 g/mol. The van der Waals surface area contributed by atoms with Crippen LogP contribution in [0.25, 0.3) is 0 Å². The molecule has 0 aromatic heterocycles. The van der Waals surface area contributed by atoms with E-state index in [-0.39, 0.29) is 17.9 Å². The van der Waals surface area contributed by atoms with Crippen molar-refractivity contribution in [3.8, 4) is 0 Å². The van der Waals surface area contributed by atoms with Gasteiger partial charge in [-0.3, -0.25) is 9.59 Å². The molecule has 1 heterocycles. The number of hydrogen-bond acceptors (Lipinski definition) is 2. The van der Waals surface area contributed by atoms with Crippen molar-refractivity contribution in [2.45, 2.75) is 70.4 Å². The number of carbonyl (C=O) groups is 2. The molecule has 20 heavy (non-hydrogen) atoms. The third-order valence-corrected chi connectivity index (χ3v) is 5.29. The summed E-state index contributed by atoms with van der Waals surface area (Å²) in [6, 6.07) is -0.240. The predicted molar refractivity (Wildman–Crippen MR) is 77.0 cm³/mol. The summed E-state index contributed by atoms with van der Waals surface area (Å²) in [5.41, 5.74) is -0.587. The molecule has 4 nitrogen and oxygen atoms in total. The zero-order chi connectivity index (χ0) is 14.3. The monoisotopic (exact) mass is 278 g/mol. The van der Waals surface area contributed by atoms with Crippen LogP contribution in [0.3, 0.4) is 0 Å². The summed E-state index contributed by atoms with van der Waals surface area (Å²) in [5, 5.41) is 3.03. The van der Waals surface area contributed by atoms with Crippen molar-refractivity contribution in [1.29, 1.82) is 0 Å². The first kappa shape index (κ1) is 13.9. The molecule has 0 aromatic carbocycles. The van der Waals surface area contributed by atoms with Gasteiger partial charge in [0.15, 0.2) is 0 Å². The quantitative estimate of drug-likeness (QED) is 0.756. The Balaban J connectivity index is 1.80. The third kappa shape index (κ3) is 2.23. The fraction of sp³-hybridized carbons (Fsp3) is 0.875. The van der Waals surface area contributed by atoms with Crippen LogP contribution in [-0.2, 0) is 9.59 Å². The number of unbranched alkanes of at least 4 members (excludes halogenated alkanes) is 2. The summed E-state index contributed by atoms with van der Waals surface area (Å²) in [6.45, 7) is 4.89. The van der Waals surface area contributed by atoms with Crippen molar-refractivity contribution >= 4 is 11.8 Å². The minimum absolute atomic E-state index is 0.0907. The molecule has 0 aromatic rings. The first-order valence-corrected chi connectivity index (χ1v) is 8.21. The number of nitrogens with one attached hydrogen (secondary N) is 1. The van der Waals surface area contributed by atoms with Crippen LogP contribution in [0.1, 0.15) is 58.8 Å². The van der Waals surface area contributed by atoms with Crippen LogP contribution in [0.15, 0.2) is 0 Å². The molecule has 2 atom stereocenters. The van der Waals surface area contributed by atoms with Gasteiger partial charge in [0, 0.05) is 6.54 Å². The van der Waals surface area contributed by atoms with Crippen molar-refractivity contribution in [2.75, 3.05) is 6.54 Å². The van der Waals surface area contributed by atoms with Gasteiger partial charge in [-0.2, -0.15) is 0 Å². The average molecular weight is 278 g/mol. The Labute approximate surface area is 121 Å². The summed E-state index contributed by atoms with van der Waals surface area (Å²) in [7, 11) is 0. The predicted octanol–water partition coefficient (Wildman–Crippen LogP) is 2.08. The van der Waals surface area contributed by atoms with Crippen molar-refractivity contribution in [3.63, 3.8) is 0 Å². The van der Waals surface area contributed by atoms with Crippen LogP contribution < -0.4 is 5.32 Å². The highest BCUT2D eigenvalue weighted by atomic mass is 16.2. The molecule has 2 aliphatic carbocycles. The molecule has 3 aliphatic rings. The Morgan fingerprint density at radius 3 is 2.45 bits per heavy atom. The summed E-state index contributed by atoms with van der Waals surface area (Å²) in [6.07, 6.45) is 7.60. The summed E-state index contributed by atoms with van der Waals surface area (Å²) in [4.78, 5) is 27.4. The molecule has 0 spiro atoms. The van der Waals surface area contributed by atoms with E-state index < -0.39 is 5.54 Å². The summed E-state index contributed by atoms with van der Waals surface area (Å²) < 4.78 is 0. The number of carbonyl (C=O) groups excluding carboxylic acids is 2. The second-order valence-corrected chi connectivity index (χ2v) is 6.91. The van der Waals surface area contributed by atoms with Gasteiger partial charge in [-0.05, 0) is 50.9 Å². The molecule has 4 heteroatoms. The van der Waals surface area contributed by atoms with Gasteiger partial charge in [-0.25, -0.2) is 0 Å². The smallest absolute Gasteiger partial charge is 0.246 e. The minimum atomic E-state index is -0.587. The molecule has 0 bridgehead atoms. The largest absolute Gasteiger partial charge is 0.342 e. The van der Waals surface area contributed by atoms with Crippen LogP contribution in [0.2, 0.25) is 0 Å². The molecule has 3 fully saturated rings. The van der Waals surface area contributed by atoms with E-state index in [2.05, 4.69) is 12.2 Å². The van der Waals surface area contributed by atoms with Crippen molar-refractivity contribution in [1.82, 2.24) is 10.2 Å². The lowest BCUT2D eigenvalue weighted by atomic mass is 9.87. The Morgan fingerprint density at radius 2 is 1.90 bits per heavy atom. The second kappa shape index (κ2) is 5.05. The highest BCUT2D eigenvalue weighted by Gasteiger charge is 2.58. The van der Waals surface area contributed by atoms with E-state index in [1.165, 1.54) is 0 Å². The zero-order valence-electron chi connectivity index (χ0n) is 12.7. The van der Waals surface area contributed by atoms with E-state index in [0.717, 1.165) is 51.5 Å². The van der Waals surface area contributed by atoms with Gasteiger partial charge < -0.3 is 10.2 Å². The van der Waals surface area contributed by atoms with Gasteiger partial charge in [0.2, 0.25) is 11.8 Å². The van der Waals surface area contributed by atoms with E-state index in [1.54, 1.807) is 0 Å². The van der Waals surface area contributed by atoms with Crippen LogP contribution in [0.4, 0.5) is 0 Å². The maximum Gasteiger partial charge on any atom is 0.246 e. The average Bonchev–Trinajstić information content (AvgIpc) is 3.29. The van der Waals surface area contributed by atoms with Gasteiger partial charge in [-0.15, -0.1) is 0 Å². The minimum Gasteiger partial charge on any atom is -0.342 e. The van der Waals surface area contributed by atoms with Gasteiger partial charge in [-0.1, -0.05) is 19.8 Å². The topological polar surface area (TPSA) is 49.4 Å². The molecule has 1 N–H and O–H groups in total. The molecule has 112 valence electrons. The molecule has 1 aliphatic heterocycles. The van der Waals surface area contributed by atoms with Gasteiger partial charge in [0.25, 0.3) is 0 Å². The van der Waals surface area contributed by atoms with Gasteiger partial charge in [0.1, 0.15) is 11.6 Å². The van der Waals surface area contributed by atoms with E-state index in [0.29, 0.717) is 11.8 Å². The first-order chi connectivity index (χ1) is 9.59. The SMILES string of the molecule is CCCCCN1C(=O)C(C2CC2)NC(=O)C1(C)C1CC1. The van der Waals surface area contributed by atoms with Crippen LogP contribution in [-0.4, -0.2) is 34.8 Å². The maximum absolute atomic E-state index is 12.8. The van der Waals surface area contributed by atoms with Crippen molar-refractivity contribution in [2.24, 2.45) is 11.8 Å².